The van der Waals surface area contributed by atoms with Crippen LogP contribution in [0, 0.1) is 0 Å². The normalized spacial score (nSPS) is 15.5. The van der Waals surface area contributed by atoms with Gasteiger partial charge in [-0.1, -0.05) is 12.1 Å². The van der Waals surface area contributed by atoms with Gasteiger partial charge >= 0.3 is 0 Å². The van der Waals surface area contributed by atoms with Crippen LogP contribution in [0.2, 0.25) is 0 Å². The lowest BCUT2D eigenvalue weighted by Gasteiger charge is -2.21. The lowest BCUT2D eigenvalue weighted by molar-refractivity contribution is 0.398. The summed E-state index contributed by atoms with van der Waals surface area (Å²) in [7, 11) is -3.30. The molecule has 1 saturated carbocycles. The average Bonchev–Trinajstić information content (AvgIpc) is 3.14. The second-order valence-electron chi connectivity index (χ2n) is 5.41. The third kappa shape index (κ3) is 3.64. The van der Waals surface area contributed by atoms with Gasteiger partial charge in [0.1, 0.15) is 0 Å². The van der Waals surface area contributed by atoms with E-state index in [1.165, 1.54) is 0 Å². The van der Waals surface area contributed by atoms with Crippen LogP contribution in [0.5, 0.6) is 0 Å². The molecule has 2 aromatic rings. The summed E-state index contributed by atoms with van der Waals surface area (Å²) in [6, 6.07) is 9.20. The van der Waals surface area contributed by atoms with Gasteiger partial charge in [-0.25, -0.2) is 8.42 Å². The Hall–Kier alpha value is -1.37. The summed E-state index contributed by atoms with van der Waals surface area (Å²) in [5.74, 6) is 0.0356. The largest absolute Gasteiger partial charge is 0.399 e. The van der Waals surface area contributed by atoms with E-state index in [1.54, 1.807) is 39.9 Å². The minimum Gasteiger partial charge on any atom is -0.399 e. The van der Waals surface area contributed by atoms with Crippen LogP contribution in [0.4, 0.5) is 5.69 Å². The fourth-order valence-electron chi connectivity index (χ4n) is 2.29. The summed E-state index contributed by atoms with van der Waals surface area (Å²) in [5, 5.41) is 3.99. The third-order valence-electron chi connectivity index (χ3n) is 3.56. The lowest BCUT2D eigenvalue weighted by atomic mass is 10.2. The molecule has 0 radical (unpaired) electrons. The molecule has 0 aliphatic heterocycles. The molecule has 0 saturated heterocycles. The van der Waals surface area contributed by atoms with Crippen molar-refractivity contribution in [2.24, 2.45) is 0 Å². The molecule has 1 aliphatic carbocycles. The third-order valence-corrected chi connectivity index (χ3v) is 6.13. The zero-order valence-electron chi connectivity index (χ0n) is 11.6. The number of hydrogen-bond acceptors (Lipinski definition) is 4. The second-order valence-corrected chi connectivity index (χ2v) is 8.11. The standard InChI is InChI=1S/C15H18N2O2S2/c16-14-3-1-12(2-4-14)11-21(18,19)17(15-5-6-15)9-13-7-8-20-10-13/h1-4,7-8,10,15H,5-6,9,11,16H2. The van der Waals surface area contributed by atoms with Gasteiger partial charge in [0.25, 0.3) is 0 Å². The highest BCUT2D eigenvalue weighted by atomic mass is 32.2. The Morgan fingerprint density at radius 1 is 1.14 bits per heavy atom. The fraction of sp³-hybridized carbons (Fsp3) is 0.333. The first kappa shape index (κ1) is 14.6. The molecule has 6 heteroatoms. The first-order valence-electron chi connectivity index (χ1n) is 6.89. The van der Waals surface area contributed by atoms with Gasteiger partial charge in [-0.05, 0) is 52.9 Å². The van der Waals surface area contributed by atoms with Crippen molar-refractivity contribution in [2.75, 3.05) is 5.73 Å². The number of anilines is 1. The number of sulfonamides is 1. The maximum Gasteiger partial charge on any atom is 0.218 e. The molecule has 4 nitrogen and oxygen atoms in total. The molecule has 112 valence electrons. The van der Waals surface area contributed by atoms with Crippen LogP contribution in [0.3, 0.4) is 0 Å². The molecule has 1 aromatic heterocycles. The minimum absolute atomic E-state index is 0.0356. The number of nitrogens with zero attached hydrogens (tertiary/aromatic N) is 1. The van der Waals surface area contributed by atoms with Gasteiger partial charge < -0.3 is 5.73 Å². The van der Waals surface area contributed by atoms with E-state index in [0.29, 0.717) is 12.2 Å². The highest BCUT2D eigenvalue weighted by Gasteiger charge is 2.37. The van der Waals surface area contributed by atoms with Gasteiger partial charge in [0.15, 0.2) is 0 Å². The van der Waals surface area contributed by atoms with E-state index in [9.17, 15) is 8.42 Å². The van der Waals surface area contributed by atoms with Crippen molar-refractivity contribution in [1.82, 2.24) is 4.31 Å². The molecule has 1 aliphatic rings. The van der Waals surface area contributed by atoms with Crippen LogP contribution in [-0.2, 0) is 22.3 Å². The number of rotatable bonds is 6. The van der Waals surface area contributed by atoms with E-state index in [2.05, 4.69) is 0 Å². The Morgan fingerprint density at radius 2 is 1.86 bits per heavy atom. The van der Waals surface area contributed by atoms with E-state index < -0.39 is 10.0 Å². The average molecular weight is 322 g/mol. The van der Waals surface area contributed by atoms with Gasteiger partial charge in [-0.15, -0.1) is 0 Å². The number of benzene rings is 1. The Labute approximate surface area is 129 Å². The highest BCUT2D eigenvalue weighted by molar-refractivity contribution is 7.88. The van der Waals surface area contributed by atoms with Gasteiger partial charge in [0.05, 0.1) is 5.75 Å². The molecule has 0 spiro atoms. The molecule has 21 heavy (non-hydrogen) atoms. The molecular formula is C15H18N2O2S2. The van der Waals surface area contributed by atoms with Crippen molar-refractivity contribution >= 4 is 27.0 Å². The maximum absolute atomic E-state index is 12.7. The topological polar surface area (TPSA) is 63.4 Å². The van der Waals surface area contributed by atoms with Gasteiger partial charge in [-0.2, -0.15) is 15.6 Å². The monoisotopic (exact) mass is 322 g/mol. The molecule has 3 rings (SSSR count). The van der Waals surface area contributed by atoms with E-state index in [-0.39, 0.29) is 11.8 Å². The summed E-state index contributed by atoms with van der Waals surface area (Å²) in [6.45, 7) is 0.478. The van der Waals surface area contributed by atoms with Crippen molar-refractivity contribution in [2.45, 2.75) is 31.2 Å². The van der Waals surface area contributed by atoms with Crippen LogP contribution in [0.25, 0.3) is 0 Å². The van der Waals surface area contributed by atoms with Crippen LogP contribution < -0.4 is 5.73 Å². The molecular weight excluding hydrogens is 304 g/mol. The molecule has 1 fully saturated rings. The number of nitrogen functional groups attached to an aromatic ring is 1. The number of thiophene rings is 1. The number of hydrogen-bond donors (Lipinski definition) is 1. The molecule has 0 unspecified atom stereocenters. The van der Waals surface area contributed by atoms with Gasteiger partial charge in [0, 0.05) is 18.3 Å². The van der Waals surface area contributed by atoms with Crippen molar-refractivity contribution in [3.63, 3.8) is 0 Å². The van der Waals surface area contributed by atoms with Gasteiger partial charge in [0.2, 0.25) is 10.0 Å². The van der Waals surface area contributed by atoms with E-state index in [1.807, 2.05) is 16.8 Å². The second kappa shape index (κ2) is 5.79. The summed E-state index contributed by atoms with van der Waals surface area (Å²) in [4.78, 5) is 0. The van der Waals surface area contributed by atoms with Crippen molar-refractivity contribution < 1.29 is 8.42 Å². The zero-order chi connectivity index (χ0) is 14.9. The van der Waals surface area contributed by atoms with E-state index >= 15 is 0 Å². The predicted molar refractivity (Wildman–Crippen MR) is 86.4 cm³/mol. The molecule has 0 bridgehead atoms. The summed E-state index contributed by atoms with van der Waals surface area (Å²) < 4.78 is 27.0. The van der Waals surface area contributed by atoms with Crippen LogP contribution in [-0.4, -0.2) is 18.8 Å². The van der Waals surface area contributed by atoms with Crippen molar-refractivity contribution in [3.05, 3.63) is 52.2 Å². The van der Waals surface area contributed by atoms with Crippen molar-refractivity contribution in [3.8, 4) is 0 Å². The SMILES string of the molecule is Nc1ccc(CS(=O)(=O)N(Cc2ccsc2)C2CC2)cc1. The molecule has 0 amide bonds. The fourth-order valence-corrected chi connectivity index (χ4v) is 4.74. The van der Waals surface area contributed by atoms with Crippen LogP contribution in [0.15, 0.2) is 41.1 Å². The minimum atomic E-state index is -3.30. The first-order chi connectivity index (χ1) is 10.0. The predicted octanol–water partition coefficient (Wildman–Crippen LogP) is 2.82. The van der Waals surface area contributed by atoms with Gasteiger partial charge in [-0.3, -0.25) is 0 Å². The summed E-state index contributed by atoms with van der Waals surface area (Å²) in [5.41, 5.74) is 8.13. The van der Waals surface area contributed by atoms with Crippen LogP contribution in [0.1, 0.15) is 24.0 Å². The highest BCUT2D eigenvalue weighted by Crippen LogP contribution is 2.32. The quantitative estimate of drug-likeness (QED) is 0.832. The molecule has 2 N–H and O–H groups in total. The Morgan fingerprint density at radius 3 is 2.43 bits per heavy atom. The maximum atomic E-state index is 12.7. The molecule has 1 heterocycles. The lowest BCUT2D eigenvalue weighted by Crippen LogP contribution is -2.33. The smallest absolute Gasteiger partial charge is 0.218 e. The molecule has 0 atom stereocenters. The summed E-state index contributed by atoms with van der Waals surface area (Å²) in [6.07, 6.45) is 1.93. The summed E-state index contributed by atoms with van der Waals surface area (Å²) >= 11 is 1.59. The van der Waals surface area contributed by atoms with E-state index in [0.717, 1.165) is 24.0 Å². The number of nitrogens with two attached hydrogens (primary N) is 1. The Bertz CT molecular complexity index is 690. The molecule has 1 aromatic carbocycles. The van der Waals surface area contributed by atoms with Crippen molar-refractivity contribution in [1.29, 1.82) is 0 Å². The van der Waals surface area contributed by atoms with E-state index in [4.69, 9.17) is 5.73 Å². The zero-order valence-corrected chi connectivity index (χ0v) is 13.2. The Kier molecular flexibility index (Phi) is 4.01. The van der Waals surface area contributed by atoms with Crippen LogP contribution >= 0.6 is 11.3 Å². The first-order valence-corrected chi connectivity index (χ1v) is 9.45. The Balaban J connectivity index is 1.78.